The topological polar surface area (TPSA) is 80.3 Å². The summed E-state index contributed by atoms with van der Waals surface area (Å²) in [6.45, 7) is 0. The van der Waals surface area contributed by atoms with Crippen molar-refractivity contribution in [3.05, 3.63) is 15.8 Å². The van der Waals surface area contributed by atoms with Crippen LogP contribution in [0.5, 0.6) is 0 Å². The van der Waals surface area contributed by atoms with Crippen LogP contribution in [0.1, 0.15) is 19.3 Å². The number of hydrogen-bond acceptors (Lipinski definition) is 5. The molecule has 0 N–H and O–H groups in total. The van der Waals surface area contributed by atoms with Crippen molar-refractivity contribution >= 4 is 45.2 Å². The Morgan fingerprint density at radius 1 is 1.21 bits per heavy atom. The van der Waals surface area contributed by atoms with E-state index in [0.717, 1.165) is 0 Å². The number of carbonyl (C=O) groups is 2. The Bertz CT molecular complexity index is 349. The average Bonchev–Trinajstić information content (AvgIpc) is 2.30. The van der Waals surface area contributed by atoms with Gasteiger partial charge in [0.15, 0.2) is 0 Å². The van der Waals surface area contributed by atoms with Crippen molar-refractivity contribution < 1.29 is 57.5 Å². The van der Waals surface area contributed by atoms with Crippen molar-refractivity contribution in [2.24, 2.45) is 0 Å². The van der Waals surface area contributed by atoms with Crippen molar-refractivity contribution in [3.8, 4) is 0 Å². The van der Waals surface area contributed by atoms with Crippen LogP contribution in [0.25, 0.3) is 0 Å². The molecule has 14 heavy (non-hydrogen) atoms. The van der Waals surface area contributed by atoms with Gasteiger partial charge in [-0.2, -0.15) is 0 Å². The molecule has 1 rings (SSSR count). The molecule has 0 aliphatic rings. The Labute approximate surface area is 118 Å². The van der Waals surface area contributed by atoms with E-state index in [1.165, 1.54) is 23.8 Å². The molecule has 0 bridgehead atoms. The first kappa shape index (κ1) is 16.8. The van der Waals surface area contributed by atoms with Gasteiger partial charge >= 0.3 is 119 Å². The van der Waals surface area contributed by atoms with Crippen LogP contribution in [0.15, 0.2) is 6.07 Å². The summed E-state index contributed by atoms with van der Waals surface area (Å²) in [5, 5.41) is 20.6. The fraction of sp³-hybridized carbons (Fsp3) is 0. The molecule has 0 aliphatic heterocycles. The maximum atomic E-state index is 10.3. The van der Waals surface area contributed by atoms with E-state index in [2.05, 4.69) is 0 Å². The number of thiophene rings is 1. The number of carbonyl (C=O) groups excluding carboxylic acids is 2. The van der Waals surface area contributed by atoms with Crippen LogP contribution in [-0.2, 0) is 0 Å². The number of aromatic carboxylic acids is 2. The predicted molar refractivity (Wildman–Crippen MR) is 38.4 cm³/mol. The van der Waals surface area contributed by atoms with Crippen molar-refractivity contribution in [1.82, 2.24) is 0 Å². The average molecular weight is 190 g/mol. The summed E-state index contributed by atoms with van der Waals surface area (Å²) < 4.78 is 0.388. The summed E-state index contributed by atoms with van der Waals surface area (Å²) in [7, 11) is 0. The van der Waals surface area contributed by atoms with E-state index in [-0.39, 0.29) is 47.5 Å². The zero-order valence-corrected chi connectivity index (χ0v) is 8.94. The maximum absolute atomic E-state index is 10.3. The second-order valence-electron chi connectivity index (χ2n) is 2.20. The van der Waals surface area contributed by atoms with Gasteiger partial charge in [0.1, 0.15) is 0 Å². The van der Waals surface area contributed by atoms with E-state index in [1.807, 2.05) is 0 Å². The van der Waals surface area contributed by atoms with Gasteiger partial charge in [0.25, 0.3) is 0 Å². The molecule has 8 heteroatoms. The minimum atomic E-state index is -1.37. The number of carboxylic acid groups (broad SMARTS) is 2. The predicted octanol–water partition coefficient (Wildman–Crippen LogP) is -8.72. The van der Waals surface area contributed by atoms with Gasteiger partial charge < -0.3 is 0 Å². The van der Waals surface area contributed by atoms with E-state index in [1.54, 1.807) is 0 Å². The van der Waals surface area contributed by atoms with Gasteiger partial charge in [0.05, 0.1) is 0 Å². The third-order valence-corrected chi connectivity index (χ3v) is 2.50. The molecular formula is C6HLi3O4S. The van der Waals surface area contributed by atoms with Gasteiger partial charge in [-0.3, -0.25) is 0 Å². The van der Waals surface area contributed by atoms with Gasteiger partial charge in [-0.25, -0.2) is 0 Å². The van der Waals surface area contributed by atoms with Crippen molar-refractivity contribution in [2.75, 3.05) is 0 Å². The minimum absolute atomic E-state index is 0. The molecule has 4 nitrogen and oxygen atoms in total. The van der Waals surface area contributed by atoms with Crippen LogP contribution >= 0.6 is 11.3 Å². The normalized spacial score (nSPS) is 8.43. The summed E-state index contributed by atoms with van der Waals surface area (Å²) in [5.41, 5.74) is 0. The van der Waals surface area contributed by atoms with Crippen LogP contribution < -0.4 is 52.2 Å². The molecule has 0 radical (unpaired) electrons. The molecule has 0 aromatic carbocycles. The molecule has 0 amide bonds. The summed E-state index contributed by atoms with van der Waals surface area (Å²) in [5.74, 6) is -2.72. The number of carboxylic acids is 2. The van der Waals surface area contributed by atoms with Gasteiger partial charge in [0.2, 0.25) is 0 Å². The molecule has 1 aromatic heterocycles. The first-order valence-corrected chi connectivity index (χ1v) is 3.87. The molecule has 0 saturated heterocycles. The molecule has 0 atom stereocenters. The number of rotatable bonds is 2. The van der Waals surface area contributed by atoms with Crippen LogP contribution in [0.4, 0.5) is 0 Å². The molecule has 1 heterocycles. The zero-order chi connectivity index (χ0) is 9.30. The zero-order valence-electron chi connectivity index (χ0n) is 8.12. The van der Waals surface area contributed by atoms with E-state index >= 15 is 0 Å². The summed E-state index contributed by atoms with van der Waals surface area (Å²) in [6.07, 6.45) is 0. The van der Waals surface area contributed by atoms with E-state index < -0.39 is 11.9 Å². The van der Waals surface area contributed by atoms with Gasteiger partial charge in [-0.1, -0.05) is 0 Å². The van der Waals surface area contributed by atoms with Crippen LogP contribution in [-0.4, -0.2) is 29.7 Å². The quantitative estimate of drug-likeness (QED) is 0.433. The SMILES string of the molecule is [Li+].[Li+].[Li][c]1cc(C(=O)[O-])sc1C(=O)[O-]. The molecule has 0 aliphatic carbocycles. The summed E-state index contributed by atoms with van der Waals surface area (Å²) in [6, 6.07) is 1.26. The van der Waals surface area contributed by atoms with Crippen molar-refractivity contribution in [3.63, 3.8) is 0 Å². The summed E-state index contributed by atoms with van der Waals surface area (Å²) in [4.78, 5) is 20.5. The molecule has 0 unspecified atom stereocenters. The summed E-state index contributed by atoms with van der Waals surface area (Å²) >= 11 is 2.16. The Balaban J connectivity index is 0. The van der Waals surface area contributed by atoms with Crippen molar-refractivity contribution in [1.29, 1.82) is 0 Å². The molecule has 1 aromatic rings. The van der Waals surface area contributed by atoms with Crippen LogP contribution in [0, 0.1) is 0 Å². The van der Waals surface area contributed by atoms with Crippen LogP contribution in [0.3, 0.4) is 0 Å². The van der Waals surface area contributed by atoms with Gasteiger partial charge in [-0.05, 0) is 0 Å². The standard InChI is InChI=1S/C6H3O4S.3Li/c7-5(8)3-1-2-4(11-3)6(9)10;;;/h1H,(H,7,8)(H,9,10);;;/q;;2*+1/p-2. The van der Waals surface area contributed by atoms with E-state index in [4.69, 9.17) is 0 Å². The fourth-order valence-electron chi connectivity index (χ4n) is 0.785. The molecule has 58 valence electrons. The third kappa shape index (κ3) is 3.89. The van der Waals surface area contributed by atoms with E-state index in [0.29, 0.717) is 15.6 Å². The molecule has 0 saturated carbocycles. The Kier molecular flexibility index (Phi) is 8.22. The Hall–Kier alpha value is 0.432. The van der Waals surface area contributed by atoms with Gasteiger partial charge in [-0.15, -0.1) is 0 Å². The molecule has 0 spiro atoms. The number of hydrogen-bond donors (Lipinski definition) is 0. The fourth-order valence-corrected chi connectivity index (χ4v) is 1.63. The van der Waals surface area contributed by atoms with E-state index in [9.17, 15) is 19.8 Å². The monoisotopic (exact) mass is 190 g/mol. The van der Waals surface area contributed by atoms with Crippen molar-refractivity contribution in [2.45, 2.75) is 0 Å². The Morgan fingerprint density at radius 3 is 1.93 bits per heavy atom. The molecular weight excluding hydrogens is 189 g/mol. The first-order chi connectivity index (χ1) is 5.52. The van der Waals surface area contributed by atoms with Crippen LogP contribution in [0.2, 0.25) is 0 Å². The second kappa shape index (κ2) is 6.83. The van der Waals surface area contributed by atoms with Gasteiger partial charge in [0, 0.05) is 0 Å². The first-order valence-electron chi connectivity index (χ1n) is 3.05. The molecule has 0 fully saturated rings. The Morgan fingerprint density at radius 2 is 1.71 bits per heavy atom. The second-order valence-corrected chi connectivity index (χ2v) is 3.25. The third-order valence-electron chi connectivity index (χ3n) is 1.30.